The number of rotatable bonds is 5. The van der Waals surface area contributed by atoms with E-state index >= 15 is 0 Å². The minimum atomic E-state index is -0.473. The first kappa shape index (κ1) is 15.4. The molecule has 0 aliphatic heterocycles. The van der Waals surface area contributed by atoms with Crippen LogP contribution in [0.15, 0.2) is 54.9 Å². The molecular formula is C19H18N4O2. The molecule has 3 aromatic rings. The Hall–Kier alpha value is -3.15. The van der Waals surface area contributed by atoms with Crippen LogP contribution in [0.1, 0.15) is 17.9 Å². The van der Waals surface area contributed by atoms with Crippen LogP contribution in [0.3, 0.4) is 0 Å². The number of hydrogen-bond donors (Lipinski definition) is 2. The van der Waals surface area contributed by atoms with E-state index < -0.39 is 5.91 Å². The number of carbonyl (C=O) groups is 2. The average molecular weight is 334 g/mol. The molecule has 25 heavy (non-hydrogen) atoms. The number of amides is 2. The van der Waals surface area contributed by atoms with Gasteiger partial charge in [0, 0.05) is 12.1 Å². The Bertz CT molecular complexity index is 957. The standard InChI is InChI=1S/C19H18N4O2/c20-18(24)11-23-10-13(9-21-23)22-19(25)17-8-16(17)15-7-3-5-12-4-1-2-6-14(12)15/h1-7,9-10,16-17H,8,11H2,(H2,20,24)(H,22,25)/t16-,17-/m0/s1. The van der Waals surface area contributed by atoms with Crippen LogP contribution >= 0.6 is 0 Å². The van der Waals surface area contributed by atoms with E-state index in [1.807, 2.05) is 18.2 Å². The van der Waals surface area contributed by atoms with Gasteiger partial charge in [-0.2, -0.15) is 5.10 Å². The first-order chi connectivity index (χ1) is 12.1. The van der Waals surface area contributed by atoms with Crippen LogP contribution < -0.4 is 11.1 Å². The molecule has 126 valence electrons. The molecule has 1 fully saturated rings. The second-order valence-electron chi connectivity index (χ2n) is 6.40. The fourth-order valence-corrected chi connectivity index (χ4v) is 3.31. The highest BCUT2D eigenvalue weighted by Gasteiger charge is 2.44. The van der Waals surface area contributed by atoms with E-state index in [9.17, 15) is 9.59 Å². The SMILES string of the molecule is NC(=O)Cn1cc(NC(=O)[C@H]2C[C@H]2c2cccc3ccccc23)cn1. The summed E-state index contributed by atoms with van der Waals surface area (Å²) < 4.78 is 1.41. The Morgan fingerprint density at radius 1 is 1.20 bits per heavy atom. The molecule has 4 rings (SSSR count). The van der Waals surface area contributed by atoms with Crippen LogP contribution in [0, 0.1) is 5.92 Å². The summed E-state index contributed by atoms with van der Waals surface area (Å²) in [6.45, 7) is -0.00205. The zero-order chi connectivity index (χ0) is 17.4. The highest BCUT2D eigenvalue weighted by atomic mass is 16.2. The fraction of sp³-hybridized carbons (Fsp3) is 0.211. The highest BCUT2D eigenvalue weighted by Crippen LogP contribution is 2.49. The smallest absolute Gasteiger partial charge is 0.239 e. The maximum Gasteiger partial charge on any atom is 0.239 e. The number of nitrogens with zero attached hydrogens (tertiary/aromatic N) is 2. The summed E-state index contributed by atoms with van der Waals surface area (Å²) >= 11 is 0. The summed E-state index contributed by atoms with van der Waals surface area (Å²) in [5.41, 5.74) is 6.94. The zero-order valence-corrected chi connectivity index (χ0v) is 13.6. The summed E-state index contributed by atoms with van der Waals surface area (Å²) in [4.78, 5) is 23.4. The van der Waals surface area contributed by atoms with E-state index in [2.05, 4.69) is 34.7 Å². The molecule has 2 amide bonds. The van der Waals surface area contributed by atoms with Crippen molar-refractivity contribution in [1.82, 2.24) is 9.78 Å². The van der Waals surface area contributed by atoms with E-state index in [1.165, 1.54) is 27.2 Å². The number of benzene rings is 2. The minimum Gasteiger partial charge on any atom is -0.368 e. The minimum absolute atomic E-state index is 0.00205. The number of nitrogens with one attached hydrogen (secondary N) is 1. The van der Waals surface area contributed by atoms with Crippen molar-refractivity contribution in [2.75, 3.05) is 5.32 Å². The van der Waals surface area contributed by atoms with E-state index in [0.717, 1.165) is 6.42 Å². The number of fused-ring (bicyclic) bond motifs is 1. The number of nitrogens with two attached hydrogens (primary N) is 1. The van der Waals surface area contributed by atoms with Gasteiger partial charge in [0.1, 0.15) is 6.54 Å². The van der Waals surface area contributed by atoms with E-state index in [-0.39, 0.29) is 24.3 Å². The molecule has 0 saturated heterocycles. The molecule has 0 unspecified atom stereocenters. The topological polar surface area (TPSA) is 90.0 Å². The summed E-state index contributed by atoms with van der Waals surface area (Å²) in [6, 6.07) is 14.5. The van der Waals surface area contributed by atoms with Crippen molar-refractivity contribution in [2.45, 2.75) is 18.9 Å². The van der Waals surface area contributed by atoms with Crippen molar-refractivity contribution < 1.29 is 9.59 Å². The number of primary amides is 1. The molecule has 1 aliphatic carbocycles. The molecule has 6 nitrogen and oxygen atoms in total. The summed E-state index contributed by atoms with van der Waals surface area (Å²) in [6.07, 6.45) is 3.98. The van der Waals surface area contributed by atoms with Gasteiger partial charge in [-0.25, -0.2) is 0 Å². The normalized spacial score (nSPS) is 18.9. The molecule has 0 bridgehead atoms. The summed E-state index contributed by atoms with van der Waals surface area (Å²) in [7, 11) is 0. The van der Waals surface area contributed by atoms with E-state index in [4.69, 9.17) is 5.73 Å². The van der Waals surface area contributed by atoms with Gasteiger partial charge in [-0.1, -0.05) is 42.5 Å². The summed E-state index contributed by atoms with van der Waals surface area (Å²) in [5, 5.41) is 9.28. The number of carbonyl (C=O) groups excluding carboxylic acids is 2. The van der Waals surface area contributed by atoms with Crippen LogP contribution in [0.4, 0.5) is 5.69 Å². The molecule has 0 spiro atoms. The molecule has 1 saturated carbocycles. The maximum absolute atomic E-state index is 12.5. The van der Waals surface area contributed by atoms with Gasteiger partial charge in [-0.05, 0) is 28.7 Å². The third kappa shape index (κ3) is 3.10. The Morgan fingerprint density at radius 2 is 2.00 bits per heavy atom. The van der Waals surface area contributed by atoms with Crippen molar-refractivity contribution >= 4 is 28.3 Å². The third-order valence-corrected chi connectivity index (χ3v) is 4.57. The quantitative estimate of drug-likeness (QED) is 0.750. The van der Waals surface area contributed by atoms with Crippen LogP contribution in [0.25, 0.3) is 10.8 Å². The predicted molar refractivity (Wildman–Crippen MR) is 94.8 cm³/mol. The van der Waals surface area contributed by atoms with Crippen molar-refractivity contribution in [3.63, 3.8) is 0 Å². The highest BCUT2D eigenvalue weighted by molar-refractivity contribution is 5.96. The van der Waals surface area contributed by atoms with Crippen LogP contribution in [0.2, 0.25) is 0 Å². The monoisotopic (exact) mass is 334 g/mol. The first-order valence-electron chi connectivity index (χ1n) is 8.21. The Kier molecular flexibility index (Phi) is 3.72. The van der Waals surface area contributed by atoms with Gasteiger partial charge < -0.3 is 11.1 Å². The largest absolute Gasteiger partial charge is 0.368 e. The average Bonchev–Trinajstić information content (AvgIpc) is 3.29. The van der Waals surface area contributed by atoms with E-state index in [1.54, 1.807) is 6.20 Å². The van der Waals surface area contributed by atoms with Gasteiger partial charge in [-0.3, -0.25) is 14.3 Å². The third-order valence-electron chi connectivity index (χ3n) is 4.57. The lowest BCUT2D eigenvalue weighted by molar-refractivity contribution is -0.119. The fourth-order valence-electron chi connectivity index (χ4n) is 3.31. The molecule has 6 heteroatoms. The molecule has 1 heterocycles. The van der Waals surface area contributed by atoms with Gasteiger partial charge in [-0.15, -0.1) is 0 Å². The number of hydrogen-bond acceptors (Lipinski definition) is 3. The van der Waals surface area contributed by atoms with E-state index in [0.29, 0.717) is 5.69 Å². The van der Waals surface area contributed by atoms with Gasteiger partial charge >= 0.3 is 0 Å². The lowest BCUT2D eigenvalue weighted by Crippen LogP contribution is -2.19. The van der Waals surface area contributed by atoms with Gasteiger partial charge in [0.25, 0.3) is 0 Å². The Labute approximate surface area is 144 Å². The predicted octanol–water partition coefficient (Wildman–Crippen LogP) is 2.26. The first-order valence-corrected chi connectivity index (χ1v) is 8.21. The van der Waals surface area contributed by atoms with Crippen molar-refractivity contribution in [3.8, 4) is 0 Å². The number of anilines is 1. The lowest BCUT2D eigenvalue weighted by Gasteiger charge is -2.06. The van der Waals surface area contributed by atoms with Gasteiger partial charge in [0.15, 0.2) is 0 Å². The van der Waals surface area contributed by atoms with Crippen LogP contribution in [-0.4, -0.2) is 21.6 Å². The molecule has 3 N–H and O–H groups in total. The van der Waals surface area contributed by atoms with Gasteiger partial charge in [0.2, 0.25) is 11.8 Å². The zero-order valence-electron chi connectivity index (χ0n) is 13.6. The van der Waals surface area contributed by atoms with Crippen LogP contribution in [0.5, 0.6) is 0 Å². The molecule has 1 aliphatic rings. The molecule has 0 radical (unpaired) electrons. The summed E-state index contributed by atoms with van der Waals surface area (Å²) in [5.74, 6) is -0.284. The molecular weight excluding hydrogens is 316 g/mol. The molecule has 2 atom stereocenters. The van der Waals surface area contributed by atoms with Crippen molar-refractivity contribution in [3.05, 3.63) is 60.4 Å². The number of aromatic nitrogens is 2. The van der Waals surface area contributed by atoms with Crippen molar-refractivity contribution in [1.29, 1.82) is 0 Å². The Morgan fingerprint density at radius 3 is 2.84 bits per heavy atom. The van der Waals surface area contributed by atoms with Gasteiger partial charge in [0.05, 0.1) is 11.9 Å². The Balaban J connectivity index is 1.46. The lowest BCUT2D eigenvalue weighted by atomic mass is 10.00. The van der Waals surface area contributed by atoms with Crippen molar-refractivity contribution in [2.24, 2.45) is 11.7 Å². The maximum atomic E-state index is 12.5. The second-order valence-corrected chi connectivity index (χ2v) is 6.40. The second kappa shape index (κ2) is 6.05. The molecule has 2 aromatic carbocycles. The molecule has 1 aromatic heterocycles. The van der Waals surface area contributed by atoms with Crippen LogP contribution in [-0.2, 0) is 16.1 Å².